The highest BCUT2D eigenvalue weighted by molar-refractivity contribution is 5.81. The average molecular weight is 248 g/mol. The lowest BCUT2D eigenvalue weighted by Crippen LogP contribution is -2.34. The van der Waals surface area contributed by atoms with Crippen LogP contribution in [0.15, 0.2) is 28.7 Å². The normalized spacial score (nSPS) is 16.7. The Morgan fingerprint density at radius 1 is 1.44 bits per heavy atom. The van der Waals surface area contributed by atoms with Crippen molar-refractivity contribution in [3.63, 3.8) is 0 Å². The number of para-hydroxylation sites is 1. The van der Waals surface area contributed by atoms with Crippen LogP contribution in [0.4, 0.5) is 0 Å². The Labute approximate surface area is 107 Å². The first kappa shape index (κ1) is 13.1. The number of aryl methyl sites for hydroxylation is 1. The van der Waals surface area contributed by atoms with E-state index in [2.05, 4.69) is 0 Å². The van der Waals surface area contributed by atoms with Crippen LogP contribution in [0, 0.1) is 6.92 Å². The molecule has 18 heavy (non-hydrogen) atoms. The highest BCUT2D eigenvalue weighted by atomic mass is 16.5. The van der Waals surface area contributed by atoms with E-state index in [1.54, 1.807) is 7.11 Å². The fraction of sp³-hybridized carbons (Fsp3) is 0.467. The van der Waals surface area contributed by atoms with Gasteiger partial charge in [-0.3, -0.25) is 0 Å². The zero-order valence-electron chi connectivity index (χ0n) is 11.4. The van der Waals surface area contributed by atoms with Gasteiger partial charge in [0.2, 0.25) is 0 Å². The van der Waals surface area contributed by atoms with Crippen LogP contribution in [0.25, 0.3) is 11.0 Å². The second kappa shape index (κ2) is 4.75. The summed E-state index contributed by atoms with van der Waals surface area (Å²) in [7, 11) is 1.61. The number of hydrogen-bond donors (Lipinski definition) is 1. The van der Waals surface area contributed by atoms with E-state index < -0.39 is 11.7 Å². The Balaban J connectivity index is 2.45. The van der Waals surface area contributed by atoms with E-state index in [9.17, 15) is 5.11 Å². The highest BCUT2D eigenvalue weighted by Gasteiger charge is 2.34. The van der Waals surface area contributed by atoms with Crippen LogP contribution >= 0.6 is 0 Å². The zero-order chi connectivity index (χ0) is 13.3. The molecule has 0 aliphatic carbocycles. The Hall–Kier alpha value is -1.32. The molecule has 0 amide bonds. The standard InChI is InChI=1S/C15H20O3/c1-5-15(3,17-4)14(16)12-9-11-8-6-7-10(2)13(11)18-12/h6-9,14,16H,5H2,1-4H3. The maximum atomic E-state index is 10.4. The van der Waals surface area contributed by atoms with E-state index in [4.69, 9.17) is 9.15 Å². The highest BCUT2D eigenvalue weighted by Crippen LogP contribution is 2.35. The van der Waals surface area contributed by atoms with Crippen molar-refractivity contribution in [1.29, 1.82) is 0 Å². The van der Waals surface area contributed by atoms with Gasteiger partial charge in [-0.1, -0.05) is 25.1 Å². The lowest BCUT2D eigenvalue weighted by Gasteiger charge is -2.30. The van der Waals surface area contributed by atoms with Gasteiger partial charge >= 0.3 is 0 Å². The molecule has 3 nitrogen and oxygen atoms in total. The van der Waals surface area contributed by atoms with E-state index >= 15 is 0 Å². The lowest BCUT2D eigenvalue weighted by molar-refractivity contribution is -0.101. The first-order chi connectivity index (χ1) is 8.51. The van der Waals surface area contributed by atoms with Crippen LogP contribution in [0.5, 0.6) is 0 Å². The monoisotopic (exact) mass is 248 g/mol. The Kier molecular flexibility index (Phi) is 3.46. The van der Waals surface area contributed by atoms with Crippen LogP contribution in [-0.2, 0) is 4.74 Å². The largest absolute Gasteiger partial charge is 0.458 e. The summed E-state index contributed by atoms with van der Waals surface area (Å²) in [5.74, 6) is 0.561. The summed E-state index contributed by atoms with van der Waals surface area (Å²) in [6, 6.07) is 7.86. The van der Waals surface area contributed by atoms with Gasteiger partial charge < -0.3 is 14.3 Å². The van der Waals surface area contributed by atoms with Crippen molar-refractivity contribution < 1.29 is 14.3 Å². The van der Waals surface area contributed by atoms with E-state index in [0.717, 1.165) is 16.5 Å². The molecule has 0 saturated heterocycles. The smallest absolute Gasteiger partial charge is 0.140 e. The van der Waals surface area contributed by atoms with E-state index in [1.165, 1.54) is 0 Å². The number of hydrogen-bond acceptors (Lipinski definition) is 3. The molecule has 3 heteroatoms. The third-order valence-corrected chi connectivity index (χ3v) is 3.78. The first-order valence-corrected chi connectivity index (χ1v) is 6.24. The van der Waals surface area contributed by atoms with Gasteiger partial charge in [-0.15, -0.1) is 0 Å². The minimum absolute atomic E-state index is 0.561. The molecule has 2 atom stereocenters. The van der Waals surface area contributed by atoms with Gasteiger partial charge in [0.15, 0.2) is 0 Å². The van der Waals surface area contributed by atoms with Gasteiger partial charge in [0, 0.05) is 12.5 Å². The predicted molar refractivity (Wildman–Crippen MR) is 71.6 cm³/mol. The predicted octanol–water partition coefficient (Wildman–Crippen LogP) is 3.59. The minimum Gasteiger partial charge on any atom is -0.458 e. The summed E-state index contributed by atoms with van der Waals surface area (Å²) in [4.78, 5) is 0. The van der Waals surface area contributed by atoms with Crippen LogP contribution in [0.2, 0.25) is 0 Å². The van der Waals surface area contributed by atoms with Crippen molar-refractivity contribution in [2.75, 3.05) is 7.11 Å². The molecule has 2 rings (SSSR count). The molecular formula is C15H20O3. The van der Waals surface area contributed by atoms with Gasteiger partial charge in [0.05, 0.1) is 5.60 Å². The van der Waals surface area contributed by atoms with Gasteiger partial charge in [-0.2, -0.15) is 0 Å². The molecule has 0 aliphatic heterocycles. The lowest BCUT2D eigenvalue weighted by atomic mass is 9.94. The SMILES string of the molecule is CCC(C)(OC)C(O)c1cc2cccc(C)c2o1. The van der Waals surface area contributed by atoms with Gasteiger partial charge in [-0.25, -0.2) is 0 Å². The number of rotatable bonds is 4. The number of fused-ring (bicyclic) bond motifs is 1. The summed E-state index contributed by atoms with van der Waals surface area (Å²) < 4.78 is 11.2. The van der Waals surface area contributed by atoms with Gasteiger partial charge in [-0.05, 0) is 31.9 Å². The fourth-order valence-electron chi connectivity index (χ4n) is 2.11. The van der Waals surface area contributed by atoms with Crippen molar-refractivity contribution >= 4 is 11.0 Å². The van der Waals surface area contributed by atoms with Crippen LogP contribution in [-0.4, -0.2) is 17.8 Å². The second-order valence-electron chi connectivity index (χ2n) is 4.91. The number of aliphatic hydroxyl groups is 1. The van der Waals surface area contributed by atoms with Crippen molar-refractivity contribution in [1.82, 2.24) is 0 Å². The maximum absolute atomic E-state index is 10.4. The fourth-order valence-corrected chi connectivity index (χ4v) is 2.11. The molecular weight excluding hydrogens is 228 g/mol. The maximum Gasteiger partial charge on any atom is 0.140 e. The molecule has 0 bridgehead atoms. The van der Waals surface area contributed by atoms with Crippen molar-refractivity contribution in [2.24, 2.45) is 0 Å². The van der Waals surface area contributed by atoms with Crippen LogP contribution < -0.4 is 0 Å². The summed E-state index contributed by atoms with van der Waals surface area (Å²) in [5.41, 5.74) is 1.28. The Morgan fingerprint density at radius 3 is 2.72 bits per heavy atom. The molecule has 2 aromatic rings. The molecule has 0 aliphatic rings. The second-order valence-corrected chi connectivity index (χ2v) is 4.91. The molecule has 1 heterocycles. The minimum atomic E-state index is -0.765. The average Bonchev–Trinajstić information content (AvgIpc) is 2.82. The number of benzene rings is 1. The van der Waals surface area contributed by atoms with Crippen molar-refractivity contribution in [3.8, 4) is 0 Å². The van der Waals surface area contributed by atoms with E-state index in [-0.39, 0.29) is 0 Å². The summed E-state index contributed by atoms with van der Waals surface area (Å²) >= 11 is 0. The van der Waals surface area contributed by atoms with E-state index in [1.807, 2.05) is 45.0 Å². The quantitative estimate of drug-likeness (QED) is 0.899. The molecule has 98 valence electrons. The molecule has 0 radical (unpaired) electrons. The molecule has 1 N–H and O–H groups in total. The summed E-state index contributed by atoms with van der Waals surface area (Å²) in [5, 5.41) is 11.4. The number of methoxy groups -OCH3 is 1. The Morgan fingerprint density at radius 2 is 2.17 bits per heavy atom. The van der Waals surface area contributed by atoms with Crippen molar-refractivity contribution in [3.05, 3.63) is 35.6 Å². The summed E-state index contributed by atoms with van der Waals surface area (Å²) in [6.07, 6.45) is -0.0555. The third kappa shape index (κ3) is 2.04. The molecule has 1 aromatic heterocycles. The summed E-state index contributed by atoms with van der Waals surface area (Å²) in [6.45, 7) is 5.87. The van der Waals surface area contributed by atoms with E-state index in [0.29, 0.717) is 12.2 Å². The van der Waals surface area contributed by atoms with Crippen LogP contribution in [0.1, 0.15) is 37.7 Å². The molecule has 0 spiro atoms. The molecule has 0 fully saturated rings. The first-order valence-electron chi connectivity index (χ1n) is 6.24. The molecule has 2 unspecified atom stereocenters. The molecule has 1 aromatic carbocycles. The van der Waals surface area contributed by atoms with Gasteiger partial charge in [0.25, 0.3) is 0 Å². The third-order valence-electron chi connectivity index (χ3n) is 3.78. The number of ether oxygens (including phenoxy) is 1. The van der Waals surface area contributed by atoms with Crippen LogP contribution in [0.3, 0.4) is 0 Å². The number of furan rings is 1. The number of aliphatic hydroxyl groups excluding tert-OH is 1. The zero-order valence-corrected chi connectivity index (χ0v) is 11.4. The topological polar surface area (TPSA) is 42.6 Å². The molecule has 0 saturated carbocycles. The van der Waals surface area contributed by atoms with Crippen molar-refractivity contribution in [2.45, 2.75) is 38.9 Å². The van der Waals surface area contributed by atoms with Gasteiger partial charge in [0.1, 0.15) is 17.4 Å². The Bertz CT molecular complexity index is 538.